The van der Waals surface area contributed by atoms with Crippen molar-refractivity contribution in [3.05, 3.63) is 35.9 Å². The number of likely N-dealkylation sites (N-methyl/N-ethyl adjacent to an activating group) is 1. The van der Waals surface area contributed by atoms with Crippen molar-refractivity contribution in [2.45, 2.75) is 51.0 Å². The van der Waals surface area contributed by atoms with Crippen LogP contribution in [0.3, 0.4) is 0 Å². The van der Waals surface area contributed by atoms with Gasteiger partial charge in [0.2, 0.25) is 0 Å². The second-order valence-electron chi connectivity index (χ2n) is 5.97. The normalized spacial score (nSPS) is 34.3. The molecule has 2 fully saturated rings. The number of nitrogens with zero attached hydrogens (tertiary/aromatic N) is 1. The third-order valence-corrected chi connectivity index (χ3v) is 4.75. The zero-order valence-corrected chi connectivity index (χ0v) is 13.3. The highest BCUT2D eigenvalue weighted by Crippen LogP contribution is 2.31. The summed E-state index contributed by atoms with van der Waals surface area (Å²) in [5, 5.41) is 14.3. The molecule has 0 saturated carbocycles. The van der Waals surface area contributed by atoms with E-state index in [1.54, 1.807) is 0 Å². The van der Waals surface area contributed by atoms with E-state index in [4.69, 9.17) is 9.47 Å². The summed E-state index contributed by atoms with van der Waals surface area (Å²) in [5.41, 5.74) is 1.20. The van der Waals surface area contributed by atoms with E-state index in [0.717, 1.165) is 19.6 Å². The highest BCUT2D eigenvalue weighted by Gasteiger charge is 2.51. The lowest BCUT2D eigenvalue weighted by Crippen LogP contribution is -2.64. The van der Waals surface area contributed by atoms with Crippen LogP contribution < -0.4 is 5.32 Å². The van der Waals surface area contributed by atoms with E-state index in [9.17, 15) is 5.11 Å². The molecule has 0 spiro atoms. The SMILES string of the molecule is CCN(CC)[C@@H]1[C@@H]2OC[C@H](O2)[C@@H](NCc2ccccc2)[C@@H]1O. The molecule has 22 heavy (non-hydrogen) atoms. The molecule has 122 valence electrons. The third-order valence-electron chi connectivity index (χ3n) is 4.75. The molecule has 5 heteroatoms. The van der Waals surface area contributed by atoms with Gasteiger partial charge in [-0.15, -0.1) is 0 Å². The van der Waals surface area contributed by atoms with Crippen LogP contribution in [0.5, 0.6) is 0 Å². The molecule has 2 aliphatic rings. The van der Waals surface area contributed by atoms with Crippen LogP contribution >= 0.6 is 0 Å². The highest BCUT2D eigenvalue weighted by atomic mass is 16.7. The summed E-state index contributed by atoms with van der Waals surface area (Å²) in [4.78, 5) is 2.22. The van der Waals surface area contributed by atoms with Gasteiger partial charge in [-0.25, -0.2) is 0 Å². The topological polar surface area (TPSA) is 54.0 Å². The average Bonchev–Trinajstić information content (AvgIpc) is 2.97. The molecular formula is C17H26N2O3. The fourth-order valence-corrected chi connectivity index (χ4v) is 3.52. The van der Waals surface area contributed by atoms with E-state index >= 15 is 0 Å². The van der Waals surface area contributed by atoms with E-state index in [1.807, 2.05) is 18.2 Å². The summed E-state index contributed by atoms with van der Waals surface area (Å²) in [6.07, 6.45) is -0.875. The summed E-state index contributed by atoms with van der Waals surface area (Å²) in [7, 11) is 0. The van der Waals surface area contributed by atoms with E-state index in [2.05, 4.69) is 36.2 Å². The Morgan fingerprint density at radius 2 is 1.95 bits per heavy atom. The fraction of sp³-hybridized carbons (Fsp3) is 0.647. The van der Waals surface area contributed by atoms with Gasteiger partial charge in [0.25, 0.3) is 0 Å². The first kappa shape index (κ1) is 15.9. The number of rotatable bonds is 6. The second kappa shape index (κ2) is 7.06. The number of hydrogen-bond acceptors (Lipinski definition) is 5. The summed E-state index contributed by atoms with van der Waals surface area (Å²) < 4.78 is 11.7. The molecule has 5 nitrogen and oxygen atoms in total. The van der Waals surface area contributed by atoms with Gasteiger partial charge in [0.05, 0.1) is 24.8 Å². The summed E-state index contributed by atoms with van der Waals surface area (Å²) >= 11 is 0. The Kier molecular flexibility index (Phi) is 5.10. The number of nitrogens with one attached hydrogen (secondary N) is 1. The molecule has 1 aromatic carbocycles. The molecular weight excluding hydrogens is 280 g/mol. The van der Waals surface area contributed by atoms with Crippen molar-refractivity contribution in [1.29, 1.82) is 0 Å². The van der Waals surface area contributed by atoms with Gasteiger partial charge in [-0.2, -0.15) is 0 Å². The van der Waals surface area contributed by atoms with Crippen LogP contribution in [-0.2, 0) is 16.0 Å². The molecule has 0 radical (unpaired) electrons. The Labute approximate surface area is 132 Å². The molecule has 0 aromatic heterocycles. The first-order valence-corrected chi connectivity index (χ1v) is 8.21. The lowest BCUT2D eigenvalue weighted by molar-refractivity contribution is -0.181. The largest absolute Gasteiger partial charge is 0.390 e. The van der Waals surface area contributed by atoms with Gasteiger partial charge < -0.3 is 19.9 Å². The maximum absolute atomic E-state index is 10.9. The van der Waals surface area contributed by atoms with E-state index in [0.29, 0.717) is 6.61 Å². The van der Waals surface area contributed by atoms with Gasteiger partial charge in [-0.3, -0.25) is 4.90 Å². The van der Waals surface area contributed by atoms with Gasteiger partial charge in [-0.1, -0.05) is 44.2 Å². The predicted molar refractivity (Wildman–Crippen MR) is 84.4 cm³/mol. The third kappa shape index (κ3) is 3.05. The highest BCUT2D eigenvalue weighted by molar-refractivity contribution is 5.15. The minimum Gasteiger partial charge on any atom is -0.390 e. The number of aliphatic hydroxyl groups is 1. The summed E-state index contributed by atoms with van der Waals surface area (Å²) in [6, 6.07) is 10.0. The van der Waals surface area contributed by atoms with Crippen molar-refractivity contribution in [1.82, 2.24) is 10.2 Å². The minimum absolute atomic E-state index is 0.0736. The van der Waals surface area contributed by atoms with Crippen molar-refractivity contribution < 1.29 is 14.6 Å². The van der Waals surface area contributed by atoms with E-state index in [1.165, 1.54) is 5.56 Å². The zero-order chi connectivity index (χ0) is 15.5. The summed E-state index contributed by atoms with van der Waals surface area (Å²) in [6.45, 7) is 7.21. The Bertz CT molecular complexity index is 464. The van der Waals surface area contributed by atoms with Crippen molar-refractivity contribution in [3.63, 3.8) is 0 Å². The van der Waals surface area contributed by atoms with Gasteiger partial charge in [-0.05, 0) is 18.7 Å². The number of hydrogen-bond donors (Lipinski definition) is 2. The molecule has 2 bridgehead atoms. The Morgan fingerprint density at radius 1 is 1.23 bits per heavy atom. The van der Waals surface area contributed by atoms with Crippen LogP contribution in [-0.4, -0.2) is 60.3 Å². The molecule has 0 aliphatic carbocycles. The molecule has 1 aromatic rings. The molecule has 2 saturated heterocycles. The maximum atomic E-state index is 10.9. The van der Waals surface area contributed by atoms with Gasteiger partial charge in [0, 0.05) is 6.54 Å². The maximum Gasteiger partial charge on any atom is 0.176 e. The van der Waals surface area contributed by atoms with E-state index < -0.39 is 6.10 Å². The van der Waals surface area contributed by atoms with E-state index in [-0.39, 0.29) is 24.5 Å². The Morgan fingerprint density at radius 3 is 2.64 bits per heavy atom. The number of fused-ring (bicyclic) bond motifs is 2. The van der Waals surface area contributed by atoms with Gasteiger partial charge >= 0.3 is 0 Å². The Balaban J connectivity index is 1.70. The molecule has 5 atom stereocenters. The van der Waals surface area contributed by atoms with Gasteiger partial charge in [0.1, 0.15) is 6.10 Å². The first-order chi connectivity index (χ1) is 10.7. The Hall–Kier alpha value is -0.980. The van der Waals surface area contributed by atoms with Gasteiger partial charge in [0.15, 0.2) is 6.29 Å². The van der Waals surface area contributed by atoms with Crippen LogP contribution in [0.1, 0.15) is 19.4 Å². The zero-order valence-electron chi connectivity index (χ0n) is 13.3. The van der Waals surface area contributed by atoms with Crippen LogP contribution in [0.25, 0.3) is 0 Å². The molecule has 2 aliphatic heterocycles. The van der Waals surface area contributed by atoms with Crippen molar-refractivity contribution in [3.8, 4) is 0 Å². The second-order valence-corrected chi connectivity index (χ2v) is 5.97. The van der Waals surface area contributed by atoms with Crippen LogP contribution in [0.4, 0.5) is 0 Å². The quantitative estimate of drug-likeness (QED) is 0.820. The molecule has 2 heterocycles. The first-order valence-electron chi connectivity index (χ1n) is 8.21. The average molecular weight is 306 g/mol. The lowest BCUT2D eigenvalue weighted by Gasteiger charge is -2.43. The standard InChI is InChI=1S/C17H26N2O3/c1-3-19(4-2)15-16(20)14(13-11-21-17(15)22-13)18-10-12-8-6-5-7-9-12/h5-9,13-18,20H,3-4,10-11H2,1-2H3/t13-,14+,15-,16-,17+/m0/s1. The smallest absolute Gasteiger partial charge is 0.176 e. The number of aliphatic hydroxyl groups excluding tert-OH is 1. The van der Waals surface area contributed by atoms with Crippen molar-refractivity contribution >= 4 is 0 Å². The lowest BCUT2D eigenvalue weighted by atomic mass is 9.94. The minimum atomic E-state index is -0.491. The fourth-order valence-electron chi connectivity index (χ4n) is 3.52. The van der Waals surface area contributed by atoms with Crippen LogP contribution in [0.2, 0.25) is 0 Å². The van der Waals surface area contributed by atoms with Crippen LogP contribution in [0, 0.1) is 0 Å². The number of benzene rings is 1. The number of ether oxygens (including phenoxy) is 2. The molecule has 0 amide bonds. The summed E-state index contributed by atoms with van der Waals surface area (Å²) in [5.74, 6) is 0. The van der Waals surface area contributed by atoms with Crippen LogP contribution in [0.15, 0.2) is 30.3 Å². The monoisotopic (exact) mass is 306 g/mol. The molecule has 2 N–H and O–H groups in total. The van der Waals surface area contributed by atoms with Crippen molar-refractivity contribution in [2.24, 2.45) is 0 Å². The predicted octanol–water partition coefficient (Wildman–Crippen LogP) is 0.971. The molecule has 0 unspecified atom stereocenters. The van der Waals surface area contributed by atoms with Crippen molar-refractivity contribution in [2.75, 3.05) is 19.7 Å². The molecule has 3 rings (SSSR count).